The summed E-state index contributed by atoms with van der Waals surface area (Å²) in [6.07, 6.45) is 0.901. The molecule has 0 aliphatic heterocycles. The van der Waals surface area contributed by atoms with Crippen LogP contribution < -0.4 is 4.74 Å². The summed E-state index contributed by atoms with van der Waals surface area (Å²) in [5.41, 5.74) is 0.452. The predicted octanol–water partition coefficient (Wildman–Crippen LogP) is 4.35. The Kier molecular flexibility index (Phi) is 4.38. The Morgan fingerprint density at radius 1 is 1.36 bits per heavy atom. The molecule has 0 spiro atoms. The van der Waals surface area contributed by atoms with E-state index in [0.29, 0.717) is 17.9 Å². The van der Waals surface area contributed by atoms with Crippen molar-refractivity contribution in [2.45, 2.75) is 16.8 Å². The highest BCUT2D eigenvalue weighted by Crippen LogP contribution is 2.43. The van der Waals surface area contributed by atoms with Gasteiger partial charge in [0, 0.05) is 0 Å². The van der Waals surface area contributed by atoms with Crippen molar-refractivity contribution >= 4 is 31.9 Å². The number of ether oxygens (including phenoxy) is 1. The molecule has 0 fully saturated rings. The standard InChI is InChI=1S/C10H11Br2FO/c1-2-7-14-9-6-4-3-5-8(9)10(11,12)13/h3-6H,2,7H2,1H3. The molecule has 0 heterocycles. The van der Waals surface area contributed by atoms with E-state index >= 15 is 0 Å². The van der Waals surface area contributed by atoms with Gasteiger partial charge in [-0.2, -0.15) is 0 Å². The van der Waals surface area contributed by atoms with Crippen LogP contribution in [0.15, 0.2) is 24.3 Å². The molecule has 0 amide bonds. The first-order valence-electron chi connectivity index (χ1n) is 4.34. The number of hydrogen-bond acceptors (Lipinski definition) is 1. The lowest BCUT2D eigenvalue weighted by molar-refractivity contribution is 0.306. The highest BCUT2D eigenvalue weighted by molar-refractivity contribution is 9.24. The van der Waals surface area contributed by atoms with Gasteiger partial charge in [-0.25, -0.2) is 4.39 Å². The molecule has 14 heavy (non-hydrogen) atoms. The van der Waals surface area contributed by atoms with Crippen LogP contribution in [0, 0.1) is 0 Å². The molecule has 0 saturated heterocycles. The van der Waals surface area contributed by atoms with E-state index in [-0.39, 0.29) is 0 Å². The fourth-order valence-corrected chi connectivity index (χ4v) is 1.69. The first-order valence-corrected chi connectivity index (χ1v) is 5.93. The van der Waals surface area contributed by atoms with E-state index in [1.54, 1.807) is 18.2 Å². The van der Waals surface area contributed by atoms with Crippen molar-refractivity contribution in [3.05, 3.63) is 29.8 Å². The summed E-state index contributed by atoms with van der Waals surface area (Å²) in [6, 6.07) is 7.02. The number of para-hydroxylation sites is 1. The molecule has 1 nitrogen and oxygen atoms in total. The van der Waals surface area contributed by atoms with Gasteiger partial charge in [-0.15, -0.1) is 0 Å². The van der Waals surface area contributed by atoms with Gasteiger partial charge in [-0.1, -0.05) is 25.1 Å². The molecule has 0 radical (unpaired) electrons. The molecule has 0 aliphatic rings. The third-order valence-electron chi connectivity index (χ3n) is 1.65. The molecular formula is C10H11Br2FO. The Morgan fingerprint density at radius 3 is 2.57 bits per heavy atom. The van der Waals surface area contributed by atoms with E-state index in [2.05, 4.69) is 31.9 Å². The monoisotopic (exact) mass is 324 g/mol. The Bertz CT molecular complexity index is 296. The molecule has 0 bridgehead atoms. The molecule has 0 aromatic heterocycles. The van der Waals surface area contributed by atoms with Crippen LogP contribution >= 0.6 is 31.9 Å². The summed E-state index contributed by atoms with van der Waals surface area (Å²) >= 11 is 5.80. The van der Waals surface area contributed by atoms with Crippen LogP contribution in [0.3, 0.4) is 0 Å². The second-order valence-corrected chi connectivity index (χ2v) is 6.09. The lowest BCUT2D eigenvalue weighted by Crippen LogP contribution is -2.05. The first-order chi connectivity index (χ1) is 6.55. The summed E-state index contributed by atoms with van der Waals surface area (Å²) in [6.45, 7) is 2.60. The number of benzene rings is 1. The molecule has 1 rings (SSSR count). The first kappa shape index (κ1) is 12.0. The zero-order valence-electron chi connectivity index (χ0n) is 7.77. The van der Waals surface area contributed by atoms with Gasteiger partial charge in [-0.05, 0) is 44.3 Å². The van der Waals surface area contributed by atoms with Gasteiger partial charge >= 0.3 is 0 Å². The molecule has 0 aliphatic carbocycles. The molecule has 0 atom stereocenters. The lowest BCUT2D eigenvalue weighted by atomic mass is 10.2. The molecule has 1 aromatic rings. The van der Waals surface area contributed by atoms with Crippen LogP contribution in [0.2, 0.25) is 0 Å². The quantitative estimate of drug-likeness (QED) is 0.748. The molecule has 1 aromatic carbocycles. The smallest absolute Gasteiger partial charge is 0.247 e. The molecule has 4 heteroatoms. The minimum Gasteiger partial charge on any atom is -0.493 e. The van der Waals surface area contributed by atoms with Crippen molar-refractivity contribution < 1.29 is 9.13 Å². The van der Waals surface area contributed by atoms with E-state index in [1.165, 1.54) is 0 Å². The Balaban J connectivity index is 2.92. The maximum Gasteiger partial charge on any atom is 0.247 e. The van der Waals surface area contributed by atoms with E-state index in [1.807, 2.05) is 13.0 Å². The number of hydrogen-bond donors (Lipinski definition) is 0. The van der Waals surface area contributed by atoms with E-state index in [4.69, 9.17) is 4.74 Å². The summed E-state index contributed by atoms with van der Waals surface area (Å²) in [5, 5.41) is 0. The normalized spacial score (nSPS) is 11.4. The van der Waals surface area contributed by atoms with Crippen LogP contribution in [0.4, 0.5) is 4.39 Å². The lowest BCUT2D eigenvalue weighted by Gasteiger charge is -2.15. The Morgan fingerprint density at radius 2 is 2.00 bits per heavy atom. The van der Waals surface area contributed by atoms with Crippen LogP contribution in [0.25, 0.3) is 0 Å². The summed E-state index contributed by atoms with van der Waals surface area (Å²) in [5.74, 6) is 0.561. The van der Waals surface area contributed by atoms with E-state index in [0.717, 1.165) is 6.42 Å². The number of halogens is 3. The summed E-state index contributed by atoms with van der Waals surface area (Å²) in [4.78, 5) is 0. The highest BCUT2D eigenvalue weighted by atomic mass is 79.9. The van der Waals surface area contributed by atoms with Crippen molar-refractivity contribution in [1.82, 2.24) is 0 Å². The van der Waals surface area contributed by atoms with Crippen LogP contribution in [0.1, 0.15) is 18.9 Å². The maximum absolute atomic E-state index is 13.6. The topological polar surface area (TPSA) is 9.23 Å². The fraction of sp³-hybridized carbons (Fsp3) is 0.400. The van der Waals surface area contributed by atoms with Crippen molar-refractivity contribution in [3.8, 4) is 5.75 Å². The van der Waals surface area contributed by atoms with Gasteiger partial charge in [0.25, 0.3) is 0 Å². The summed E-state index contributed by atoms with van der Waals surface area (Å²) < 4.78 is 17.3. The molecule has 78 valence electrons. The van der Waals surface area contributed by atoms with E-state index in [9.17, 15) is 4.39 Å². The molecule has 0 saturated carbocycles. The Labute approximate surface area is 99.9 Å². The molecular weight excluding hydrogens is 315 g/mol. The van der Waals surface area contributed by atoms with Gasteiger partial charge in [0.1, 0.15) is 5.75 Å². The third-order valence-corrected chi connectivity index (χ3v) is 2.51. The molecule has 0 N–H and O–H groups in total. The predicted molar refractivity (Wildman–Crippen MR) is 62.9 cm³/mol. The zero-order valence-corrected chi connectivity index (χ0v) is 10.9. The van der Waals surface area contributed by atoms with Crippen molar-refractivity contribution in [1.29, 1.82) is 0 Å². The minimum atomic E-state index is -1.72. The number of alkyl halides is 3. The fourth-order valence-electron chi connectivity index (χ4n) is 1.04. The van der Waals surface area contributed by atoms with Gasteiger partial charge in [-0.3, -0.25) is 0 Å². The largest absolute Gasteiger partial charge is 0.493 e. The van der Waals surface area contributed by atoms with Crippen LogP contribution in [0.5, 0.6) is 5.75 Å². The van der Waals surface area contributed by atoms with Crippen LogP contribution in [-0.4, -0.2) is 6.61 Å². The Hall–Kier alpha value is -0.0900. The third kappa shape index (κ3) is 3.24. The second-order valence-electron chi connectivity index (χ2n) is 2.84. The summed E-state index contributed by atoms with van der Waals surface area (Å²) in [7, 11) is 0. The maximum atomic E-state index is 13.6. The highest BCUT2D eigenvalue weighted by Gasteiger charge is 2.27. The van der Waals surface area contributed by atoms with Gasteiger partial charge < -0.3 is 4.74 Å². The van der Waals surface area contributed by atoms with Crippen molar-refractivity contribution in [3.63, 3.8) is 0 Å². The van der Waals surface area contributed by atoms with Gasteiger partial charge in [0.2, 0.25) is 3.49 Å². The average Bonchev–Trinajstić information content (AvgIpc) is 2.14. The van der Waals surface area contributed by atoms with Crippen molar-refractivity contribution in [2.24, 2.45) is 0 Å². The number of rotatable bonds is 4. The zero-order chi connectivity index (χ0) is 10.6. The van der Waals surface area contributed by atoms with Gasteiger partial charge in [0.05, 0.1) is 12.2 Å². The van der Waals surface area contributed by atoms with Gasteiger partial charge in [0.15, 0.2) is 0 Å². The van der Waals surface area contributed by atoms with Crippen molar-refractivity contribution in [2.75, 3.05) is 6.61 Å². The average molecular weight is 326 g/mol. The molecule has 0 unspecified atom stereocenters. The van der Waals surface area contributed by atoms with Crippen LogP contribution in [-0.2, 0) is 3.49 Å². The van der Waals surface area contributed by atoms with E-state index < -0.39 is 3.49 Å². The SMILES string of the molecule is CCCOc1ccccc1C(F)(Br)Br. The second kappa shape index (κ2) is 5.12. The minimum absolute atomic E-state index is 0.452.